The maximum atomic E-state index is 12.5. The molecule has 0 spiro atoms. The zero-order valence-electron chi connectivity index (χ0n) is 15.6. The predicted molar refractivity (Wildman–Crippen MR) is 97.9 cm³/mol. The fourth-order valence-corrected chi connectivity index (χ4v) is 2.68. The molecule has 1 aromatic heterocycles. The molecule has 0 radical (unpaired) electrons. The van der Waals surface area contributed by atoms with Gasteiger partial charge in [-0.05, 0) is 30.2 Å². The van der Waals surface area contributed by atoms with Crippen molar-refractivity contribution in [2.45, 2.75) is 6.92 Å². The van der Waals surface area contributed by atoms with Crippen LogP contribution in [0.2, 0.25) is 5.02 Å². The van der Waals surface area contributed by atoms with Crippen LogP contribution in [0.1, 0.15) is 11.1 Å². The van der Waals surface area contributed by atoms with Crippen molar-refractivity contribution >= 4 is 23.5 Å². The van der Waals surface area contributed by atoms with Crippen molar-refractivity contribution in [2.24, 2.45) is 4.99 Å². The molecule has 0 N–H and O–H groups in total. The van der Waals surface area contributed by atoms with Crippen molar-refractivity contribution in [1.29, 1.82) is 0 Å². The van der Waals surface area contributed by atoms with Crippen molar-refractivity contribution in [3.05, 3.63) is 46.5 Å². The van der Waals surface area contributed by atoms with Gasteiger partial charge < -0.3 is 19.3 Å². The quantitative estimate of drug-likeness (QED) is 0.350. The predicted octanol–water partition coefficient (Wildman–Crippen LogP) is 1.77. The van der Waals surface area contributed by atoms with Crippen molar-refractivity contribution in [3.63, 3.8) is 0 Å². The molecule has 28 heavy (non-hydrogen) atoms. The minimum Gasteiger partial charge on any atom is -0.858 e. The van der Waals surface area contributed by atoms with E-state index in [0.717, 1.165) is 10.4 Å². The van der Waals surface area contributed by atoms with Gasteiger partial charge in [0, 0.05) is 12.0 Å². The first kappa shape index (κ1) is 19.4. The summed E-state index contributed by atoms with van der Waals surface area (Å²) in [6.07, 6.45) is 0. The van der Waals surface area contributed by atoms with Gasteiger partial charge in [0.1, 0.15) is 14.9 Å². The molecule has 0 saturated carbocycles. The van der Waals surface area contributed by atoms with Gasteiger partial charge in [0.15, 0.2) is 11.5 Å². The Labute approximate surface area is 165 Å². The SMILES string of the molecule is COc1cc(/C([O-])=N\c2n[n+](-c3cccc(C)c3Cl)no2)cc(OC)c1OC. The number of hydrogen-bond donors (Lipinski definition) is 0. The molecule has 10 heteroatoms. The normalized spacial score (nSPS) is 11.4. The van der Waals surface area contributed by atoms with E-state index in [2.05, 4.69) is 15.4 Å². The van der Waals surface area contributed by atoms with Gasteiger partial charge in [-0.2, -0.15) is 0 Å². The summed E-state index contributed by atoms with van der Waals surface area (Å²) in [5.74, 6) is 0.400. The van der Waals surface area contributed by atoms with Gasteiger partial charge in [-0.15, -0.1) is 0 Å². The van der Waals surface area contributed by atoms with Gasteiger partial charge in [-0.25, -0.2) is 4.99 Å². The molecule has 0 aliphatic rings. The topological polar surface area (TPSA) is 106 Å². The highest BCUT2D eigenvalue weighted by Crippen LogP contribution is 2.38. The minimum atomic E-state index is -0.620. The van der Waals surface area contributed by atoms with Crippen molar-refractivity contribution in [3.8, 4) is 22.9 Å². The van der Waals surface area contributed by atoms with Crippen LogP contribution in [0.5, 0.6) is 17.2 Å². The lowest BCUT2D eigenvalue weighted by Gasteiger charge is -2.16. The molecule has 9 nitrogen and oxygen atoms in total. The molecule has 0 atom stereocenters. The number of aryl methyl sites for hydroxylation is 1. The third kappa shape index (κ3) is 3.70. The molecule has 0 amide bonds. The van der Waals surface area contributed by atoms with Crippen LogP contribution in [-0.4, -0.2) is 37.6 Å². The van der Waals surface area contributed by atoms with Crippen LogP contribution in [0.15, 0.2) is 39.8 Å². The third-order valence-electron chi connectivity index (χ3n) is 3.88. The number of aliphatic imine (C=N–C) groups is 1. The Morgan fingerprint density at radius 1 is 1.14 bits per heavy atom. The van der Waals surface area contributed by atoms with Crippen LogP contribution in [0, 0.1) is 6.92 Å². The van der Waals surface area contributed by atoms with Gasteiger partial charge in [0.25, 0.3) is 5.69 Å². The summed E-state index contributed by atoms with van der Waals surface area (Å²) in [4.78, 5) is 5.00. The number of hydrogen-bond acceptors (Lipinski definition) is 8. The molecular formula is C18H17ClN4O5. The molecule has 1 heterocycles. The van der Waals surface area contributed by atoms with E-state index in [1.54, 1.807) is 12.1 Å². The summed E-state index contributed by atoms with van der Waals surface area (Å²) < 4.78 is 20.7. The van der Waals surface area contributed by atoms with E-state index in [1.165, 1.54) is 33.5 Å². The summed E-state index contributed by atoms with van der Waals surface area (Å²) in [6.45, 7) is 1.85. The summed E-state index contributed by atoms with van der Waals surface area (Å²) in [6, 6.07) is 8.11. The Hall–Kier alpha value is -3.33. The van der Waals surface area contributed by atoms with Crippen molar-refractivity contribution < 1.29 is 28.6 Å². The van der Waals surface area contributed by atoms with E-state index in [1.807, 2.05) is 13.0 Å². The number of benzene rings is 2. The first-order chi connectivity index (χ1) is 13.5. The van der Waals surface area contributed by atoms with Crippen LogP contribution in [0.25, 0.3) is 5.69 Å². The Morgan fingerprint density at radius 2 is 1.82 bits per heavy atom. The summed E-state index contributed by atoms with van der Waals surface area (Å²) >= 11 is 6.25. The number of nitrogens with zero attached hydrogens (tertiary/aromatic N) is 4. The van der Waals surface area contributed by atoms with Gasteiger partial charge in [0.2, 0.25) is 11.0 Å². The van der Waals surface area contributed by atoms with Gasteiger partial charge >= 0.3 is 6.01 Å². The number of methoxy groups -OCH3 is 3. The molecule has 0 aliphatic heterocycles. The summed E-state index contributed by atoms with van der Waals surface area (Å²) in [5, 5.41) is 20.8. The maximum absolute atomic E-state index is 12.5. The number of aromatic nitrogens is 3. The fourth-order valence-electron chi connectivity index (χ4n) is 2.48. The van der Waals surface area contributed by atoms with Crippen molar-refractivity contribution in [2.75, 3.05) is 21.3 Å². The molecule has 2 aromatic carbocycles. The Kier molecular flexibility index (Phi) is 5.65. The van der Waals surface area contributed by atoms with E-state index in [9.17, 15) is 5.11 Å². The lowest BCUT2D eigenvalue weighted by atomic mass is 10.2. The monoisotopic (exact) mass is 404 g/mol. The van der Waals surface area contributed by atoms with E-state index in [0.29, 0.717) is 28.0 Å². The molecule has 0 aliphatic carbocycles. The largest absolute Gasteiger partial charge is 0.858 e. The molecule has 0 saturated heterocycles. The molecule has 3 aromatic rings. The average Bonchev–Trinajstić information content (AvgIpc) is 3.16. The third-order valence-corrected chi connectivity index (χ3v) is 4.37. The Morgan fingerprint density at radius 3 is 2.43 bits per heavy atom. The molecular weight excluding hydrogens is 388 g/mol. The Balaban J connectivity index is 1.97. The van der Waals surface area contributed by atoms with E-state index >= 15 is 0 Å². The highest BCUT2D eigenvalue weighted by atomic mass is 35.5. The second kappa shape index (κ2) is 8.13. The van der Waals surface area contributed by atoms with Crippen molar-refractivity contribution in [1.82, 2.24) is 10.4 Å². The van der Waals surface area contributed by atoms with E-state index < -0.39 is 5.90 Å². The first-order valence-electron chi connectivity index (χ1n) is 8.06. The lowest BCUT2D eigenvalue weighted by molar-refractivity contribution is -0.724. The molecule has 146 valence electrons. The molecule has 0 unspecified atom stereocenters. The number of rotatable bonds is 6. The van der Waals surface area contributed by atoms with Crippen LogP contribution in [0.3, 0.4) is 0 Å². The van der Waals surface area contributed by atoms with Gasteiger partial charge in [-0.3, -0.25) is 4.52 Å². The molecule has 0 bridgehead atoms. The zero-order valence-corrected chi connectivity index (χ0v) is 16.4. The lowest BCUT2D eigenvalue weighted by Crippen LogP contribution is -2.36. The highest BCUT2D eigenvalue weighted by Gasteiger charge is 2.22. The van der Waals surface area contributed by atoms with Gasteiger partial charge in [-0.1, -0.05) is 23.7 Å². The second-order valence-corrected chi connectivity index (χ2v) is 5.96. The maximum Gasteiger partial charge on any atom is 0.414 e. The smallest absolute Gasteiger partial charge is 0.414 e. The van der Waals surface area contributed by atoms with Gasteiger partial charge in [0.05, 0.1) is 21.3 Å². The van der Waals surface area contributed by atoms with E-state index in [4.69, 9.17) is 30.3 Å². The average molecular weight is 405 g/mol. The first-order valence-corrected chi connectivity index (χ1v) is 8.44. The van der Waals surface area contributed by atoms with Crippen LogP contribution in [-0.2, 0) is 0 Å². The van der Waals surface area contributed by atoms with Crippen LogP contribution < -0.4 is 24.1 Å². The zero-order chi connectivity index (χ0) is 20.3. The van der Waals surface area contributed by atoms with Crippen LogP contribution >= 0.6 is 11.6 Å². The minimum absolute atomic E-state index is 0.202. The number of ether oxygens (including phenoxy) is 3. The molecule has 3 rings (SSSR count). The summed E-state index contributed by atoms with van der Waals surface area (Å²) in [5.41, 5.74) is 1.56. The Bertz CT molecular complexity index is 1010. The van der Waals surface area contributed by atoms with E-state index in [-0.39, 0.29) is 11.6 Å². The fraction of sp³-hybridized carbons (Fsp3) is 0.222. The standard InChI is InChI=1S/C18H17ClN4O5/c1-10-6-5-7-12(15(10)19)23-21-18(28-22-23)20-17(24)11-8-13(25-2)16(27-4)14(9-11)26-3/h5-9H,1-4H3. The second-order valence-electron chi connectivity index (χ2n) is 5.58. The summed E-state index contributed by atoms with van der Waals surface area (Å²) in [7, 11) is 4.38. The van der Waals surface area contributed by atoms with Crippen LogP contribution in [0.4, 0.5) is 6.01 Å². The number of halogens is 1. The highest BCUT2D eigenvalue weighted by molar-refractivity contribution is 6.32. The molecule has 0 fully saturated rings.